The number of hydrogen-bond acceptors (Lipinski definition) is 4. The Kier molecular flexibility index (Phi) is 7.90. The maximum Gasteiger partial charge on any atom is 0.325 e. The number of carbonyl (C=O) groups excluding carboxylic acids is 1. The van der Waals surface area contributed by atoms with Crippen LogP contribution < -0.4 is 5.73 Å². The van der Waals surface area contributed by atoms with Crippen molar-refractivity contribution in [2.45, 2.75) is 38.6 Å². The zero-order valence-corrected chi connectivity index (χ0v) is 22.3. The van der Waals surface area contributed by atoms with Crippen molar-refractivity contribution in [1.82, 2.24) is 9.80 Å². The highest BCUT2D eigenvalue weighted by Crippen LogP contribution is 2.38. The first kappa shape index (κ1) is 27.4. The van der Waals surface area contributed by atoms with Crippen LogP contribution in [-0.4, -0.2) is 45.4 Å². The molecule has 6 nitrogen and oxygen atoms in total. The molecule has 1 fully saturated rings. The summed E-state index contributed by atoms with van der Waals surface area (Å²) in [5.74, 6) is -1.74. The van der Waals surface area contributed by atoms with Gasteiger partial charge in [-0.2, -0.15) is 0 Å². The molecule has 3 N–H and O–H groups in total. The van der Waals surface area contributed by atoms with Crippen LogP contribution in [0.2, 0.25) is 0 Å². The van der Waals surface area contributed by atoms with E-state index in [1.165, 1.54) is 11.0 Å². The third kappa shape index (κ3) is 5.30. The number of allylic oxidation sites excluding steroid dienone is 2. The smallest absolute Gasteiger partial charge is 0.325 e. The molecule has 1 saturated heterocycles. The van der Waals surface area contributed by atoms with Crippen molar-refractivity contribution >= 4 is 29.1 Å². The Balaban J connectivity index is 1.65. The minimum Gasteiger partial charge on any atom is -0.480 e. The number of halogens is 2. The molecule has 4 rings (SSSR count). The summed E-state index contributed by atoms with van der Waals surface area (Å²) in [6, 6.07) is 12.7. The van der Waals surface area contributed by atoms with Crippen molar-refractivity contribution in [2.75, 3.05) is 13.1 Å². The Labute approximate surface area is 227 Å². The lowest BCUT2D eigenvalue weighted by atomic mass is 9.92. The van der Waals surface area contributed by atoms with Crippen molar-refractivity contribution in [2.24, 2.45) is 5.73 Å². The second-order valence-electron chi connectivity index (χ2n) is 9.76. The zero-order chi connectivity index (χ0) is 27.6. The molecule has 198 valence electrons. The molecule has 8 heteroatoms. The van der Waals surface area contributed by atoms with Crippen LogP contribution in [0.15, 0.2) is 83.8 Å². The normalized spacial score (nSPS) is 19.9. The molecule has 38 heavy (non-hydrogen) atoms. The molecule has 0 aliphatic carbocycles. The molecular formula is C30H31ClFN3O3. The molecule has 0 bridgehead atoms. The summed E-state index contributed by atoms with van der Waals surface area (Å²) >= 11 is 6.98. The predicted molar refractivity (Wildman–Crippen MR) is 148 cm³/mol. The SMILES string of the molecule is C=C1C=C(C(=O)N2CCC(N)(C(=O)O)C2)C=CN1/C(Cl)=C(\CCC)c1ccccc1-c1ccc(C)cc1F. The number of hydrogen-bond donors (Lipinski definition) is 2. The van der Waals surface area contributed by atoms with E-state index in [9.17, 15) is 19.1 Å². The lowest BCUT2D eigenvalue weighted by Crippen LogP contribution is -2.50. The molecule has 0 aromatic heterocycles. The van der Waals surface area contributed by atoms with Gasteiger partial charge in [0.15, 0.2) is 0 Å². The van der Waals surface area contributed by atoms with Gasteiger partial charge in [-0.1, -0.05) is 67.9 Å². The summed E-state index contributed by atoms with van der Waals surface area (Å²) < 4.78 is 15.0. The van der Waals surface area contributed by atoms with E-state index in [4.69, 9.17) is 17.3 Å². The predicted octanol–water partition coefficient (Wildman–Crippen LogP) is 5.79. The van der Waals surface area contributed by atoms with Crippen molar-refractivity contribution in [3.63, 3.8) is 0 Å². The molecule has 0 saturated carbocycles. The molecule has 0 radical (unpaired) electrons. The Morgan fingerprint density at radius 3 is 2.58 bits per heavy atom. The van der Waals surface area contributed by atoms with Gasteiger partial charge in [-0.3, -0.25) is 9.59 Å². The summed E-state index contributed by atoms with van der Waals surface area (Å²) in [5, 5.41) is 9.78. The molecule has 2 aliphatic rings. The van der Waals surface area contributed by atoms with Crippen LogP contribution in [0, 0.1) is 12.7 Å². The van der Waals surface area contributed by atoms with E-state index in [0.29, 0.717) is 28.4 Å². The maximum atomic E-state index is 15.0. The van der Waals surface area contributed by atoms with E-state index in [-0.39, 0.29) is 31.2 Å². The highest BCUT2D eigenvalue weighted by molar-refractivity contribution is 6.32. The molecular weight excluding hydrogens is 505 g/mol. The van der Waals surface area contributed by atoms with E-state index in [1.54, 1.807) is 29.3 Å². The number of carbonyl (C=O) groups is 2. The first-order chi connectivity index (χ1) is 18.1. The summed E-state index contributed by atoms with van der Waals surface area (Å²) in [7, 11) is 0. The number of amides is 1. The van der Waals surface area contributed by atoms with Gasteiger partial charge in [0.05, 0.1) is 0 Å². The number of benzene rings is 2. The number of aliphatic carboxylic acids is 1. The lowest BCUT2D eigenvalue weighted by molar-refractivity contribution is -0.143. The van der Waals surface area contributed by atoms with E-state index >= 15 is 0 Å². The molecule has 0 spiro atoms. The lowest BCUT2D eigenvalue weighted by Gasteiger charge is -2.28. The van der Waals surface area contributed by atoms with Gasteiger partial charge in [-0.15, -0.1) is 0 Å². The second-order valence-corrected chi connectivity index (χ2v) is 10.1. The van der Waals surface area contributed by atoms with Crippen LogP contribution in [0.1, 0.15) is 37.3 Å². The van der Waals surface area contributed by atoms with Gasteiger partial charge in [0, 0.05) is 36.1 Å². The number of nitrogens with two attached hydrogens (primary N) is 1. The van der Waals surface area contributed by atoms with Crippen molar-refractivity contribution < 1.29 is 19.1 Å². The zero-order valence-electron chi connectivity index (χ0n) is 21.5. The Morgan fingerprint density at radius 2 is 1.95 bits per heavy atom. The molecule has 2 aromatic rings. The molecule has 1 atom stereocenters. The fraction of sp³-hybridized carbons (Fsp3) is 0.267. The standard InChI is InChI=1S/C30H31ClFN3O3/c1-4-7-25(23-9-6-5-8-22(23)24-11-10-19(2)16-26(24)32)27(31)35-14-12-21(17-20(35)3)28(36)34-15-13-30(33,18-34)29(37)38/h5-6,8-12,14,16-17H,3-4,7,13,15,18,33H2,1-2H3,(H,37,38)/b27-25+. The summed E-state index contributed by atoms with van der Waals surface area (Å²) in [4.78, 5) is 27.7. The van der Waals surface area contributed by atoms with Crippen LogP contribution in [0.25, 0.3) is 16.7 Å². The van der Waals surface area contributed by atoms with Crippen LogP contribution in [0.4, 0.5) is 4.39 Å². The van der Waals surface area contributed by atoms with Gasteiger partial charge < -0.3 is 20.6 Å². The monoisotopic (exact) mass is 535 g/mol. The molecule has 2 aliphatic heterocycles. The molecule has 2 heterocycles. The van der Waals surface area contributed by atoms with Gasteiger partial charge in [0.2, 0.25) is 0 Å². The van der Waals surface area contributed by atoms with Crippen LogP contribution in [0.5, 0.6) is 0 Å². The van der Waals surface area contributed by atoms with Gasteiger partial charge in [0.25, 0.3) is 5.91 Å². The number of carboxylic acid groups (broad SMARTS) is 1. The quantitative estimate of drug-likeness (QED) is 0.438. The third-order valence-corrected chi connectivity index (χ3v) is 7.33. The number of rotatable bonds is 7. The topological polar surface area (TPSA) is 86.9 Å². The number of aryl methyl sites for hydroxylation is 1. The minimum atomic E-state index is -1.44. The van der Waals surface area contributed by atoms with Crippen molar-refractivity contribution in [3.8, 4) is 11.1 Å². The average Bonchev–Trinajstić information content (AvgIpc) is 3.30. The first-order valence-corrected chi connectivity index (χ1v) is 12.9. The Bertz CT molecular complexity index is 1400. The van der Waals surface area contributed by atoms with Crippen LogP contribution in [-0.2, 0) is 9.59 Å². The Hall–Kier alpha value is -3.68. The number of carboxylic acids is 1. The van der Waals surface area contributed by atoms with Crippen LogP contribution >= 0.6 is 11.6 Å². The molecule has 1 unspecified atom stereocenters. The molecule has 2 aromatic carbocycles. The Morgan fingerprint density at radius 1 is 1.21 bits per heavy atom. The van der Waals surface area contributed by atoms with Crippen molar-refractivity contribution in [3.05, 3.63) is 101 Å². The largest absolute Gasteiger partial charge is 0.480 e. The molecule has 1 amide bonds. The number of likely N-dealkylation sites (tertiary alicyclic amines) is 1. The summed E-state index contributed by atoms with van der Waals surface area (Å²) in [6.07, 6.45) is 6.56. The fourth-order valence-electron chi connectivity index (χ4n) is 4.80. The van der Waals surface area contributed by atoms with E-state index < -0.39 is 11.5 Å². The average molecular weight is 536 g/mol. The summed E-state index contributed by atoms with van der Waals surface area (Å²) in [6.45, 7) is 8.20. The third-order valence-electron chi connectivity index (χ3n) is 6.92. The minimum absolute atomic E-state index is 0.0593. The van der Waals surface area contributed by atoms with Gasteiger partial charge in [-0.25, -0.2) is 4.39 Å². The van der Waals surface area contributed by atoms with E-state index in [0.717, 1.165) is 28.7 Å². The summed E-state index contributed by atoms with van der Waals surface area (Å²) in [5.41, 5.74) is 9.05. The highest BCUT2D eigenvalue weighted by Gasteiger charge is 2.43. The van der Waals surface area contributed by atoms with E-state index in [1.807, 2.05) is 44.2 Å². The van der Waals surface area contributed by atoms with Gasteiger partial charge in [0.1, 0.15) is 16.5 Å². The second kappa shape index (κ2) is 11.0. The fourth-order valence-corrected chi connectivity index (χ4v) is 5.16. The van der Waals surface area contributed by atoms with Crippen LogP contribution in [0.3, 0.4) is 0 Å². The number of nitrogens with zero attached hydrogens (tertiary/aromatic N) is 2. The first-order valence-electron chi connectivity index (χ1n) is 12.5. The van der Waals surface area contributed by atoms with Gasteiger partial charge >= 0.3 is 5.97 Å². The van der Waals surface area contributed by atoms with E-state index in [2.05, 4.69) is 6.58 Å². The van der Waals surface area contributed by atoms with Crippen molar-refractivity contribution in [1.29, 1.82) is 0 Å². The highest BCUT2D eigenvalue weighted by atomic mass is 35.5. The van der Waals surface area contributed by atoms with Gasteiger partial charge in [-0.05, 0) is 60.2 Å². The maximum absolute atomic E-state index is 15.0.